The average molecular weight is 792 g/mol. The number of nitrogens with two attached hydrogens (primary N) is 3. The molecule has 0 saturated heterocycles. The molecule has 55 heavy (non-hydrogen) atoms. The quantitative estimate of drug-likeness (QED) is 0.0525. The largest absolute Gasteiger partial charge is 0.480 e. The Bertz CT molecular complexity index is 1620. The Kier molecular flexibility index (Phi) is 19.6. The number of hydrogen-bond acceptors (Lipinski definition) is 11. The molecule has 1 aromatic carbocycles. The number of nitrogens with one attached hydrogen (secondary N) is 6. The van der Waals surface area contributed by atoms with Crippen molar-refractivity contribution in [2.24, 2.45) is 23.1 Å². The monoisotopic (exact) mass is 791 g/mol. The molecule has 18 nitrogen and oxygen atoms in total. The number of carboxylic acid groups (broad SMARTS) is 1. The Morgan fingerprint density at radius 3 is 2.00 bits per heavy atom. The van der Waals surface area contributed by atoms with Gasteiger partial charge in [0, 0.05) is 17.1 Å². The van der Waals surface area contributed by atoms with Crippen molar-refractivity contribution in [3.8, 4) is 0 Å². The van der Waals surface area contributed by atoms with E-state index >= 15 is 0 Å². The van der Waals surface area contributed by atoms with Crippen molar-refractivity contribution in [2.75, 3.05) is 18.6 Å². The molecule has 2 rings (SSSR count). The Morgan fingerprint density at radius 1 is 0.800 bits per heavy atom. The van der Waals surface area contributed by atoms with Gasteiger partial charge in [-0.3, -0.25) is 28.8 Å². The first-order valence-electron chi connectivity index (χ1n) is 18.2. The fourth-order valence-corrected chi connectivity index (χ4v) is 6.21. The summed E-state index contributed by atoms with van der Waals surface area (Å²) in [6.07, 6.45) is 2.76. The van der Waals surface area contributed by atoms with Gasteiger partial charge in [0.1, 0.15) is 30.2 Å². The van der Waals surface area contributed by atoms with E-state index in [1.54, 1.807) is 12.5 Å². The van der Waals surface area contributed by atoms with Crippen LogP contribution in [0.2, 0.25) is 0 Å². The van der Waals surface area contributed by atoms with Gasteiger partial charge in [0.25, 0.3) is 0 Å². The summed E-state index contributed by atoms with van der Waals surface area (Å²) in [4.78, 5) is 93.9. The molecular weight excluding hydrogens is 735 g/mol. The average Bonchev–Trinajstić information content (AvgIpc) is 3.52. The number of aliphatic hydroxyl groups excluding tert-OH is 1. The lowest BCUT2D eigenvalue weighted by atomic mass is 10.0. The molecule has 0 radical (unpaired) electrons. The molecule has 0 unspecified atom stereocenters. The number of para-hydroxylation sites is 1. The van der Waals surface area contributed by atoms with Crippen LogP contribution in [0.15, 0.2) is 30.5 Å². The predicted molar refractivity (Wildman–Crippen MR) is 208 cm³/mol. The van der Waals surface area contributed by atoms with Gasteiger partial charge in [-0.25, -0.2) is 4.79 Å². The number of fused-ring (bicyclic) bond motifs is 1. The van der Waals surface area contributed by atoms with E-state index in [1.807, 2.05) is 38.1 Å². The summed E-state index contributed by atoms with van der Waals surface area (Å²) in [5.74, 6) is -6.19. The number of aliphatic hydroxyl groups is 1. The minimum atomic E-state index is -1.68. The number of aromatic amines is 1. The second kappa shape index (κ2) is 23.3. The van der Waals surface area contributed by atoms with Crippen LogP contribution in [-0.4, -0.2) is 118 Å². The fourth-order valence-electron chi connectivity index (χ4n) is 5.74. The van der Waals surface area contributed by atoms with Crippen molar-refractivity contribution in [1.29, 1.82) is 0 Å². The predicted octanol–water partition coefficient (Wildman–Crippen LogP) is -1.27. The number of hydrogen-bond donors (Lipinski definition) is 11. The lowest BCUT2D eigenvalue weighted by Crippen LogP contribution is -2.61. The zero-order chi connectivity index (χ0) is 41.2. The third-order valence-corrected chi connectivity index (χ3v) is 9.34. The van der Waals surface area contributed by atoms with Gasteiger partial charge < -0.3 is 59.0 Å². The van der Waals surface area contributed by atoms with Crippen LogP contribution in [0.25, 0.3) is 10.9 Å². The molecule has 0 fully saturated rings. The van der Waals surface area contributed by atoms with Crippen LogP contribution in [0.4, 0.5) is 0 Å². The maximum Gasteiger partial charge on any atom is 0.326 e. The molecule has 1 heterocycles. The molecule has 0 aliphatic rings. The van der Waals surface area contributed by atoms with Crippen LogP contribution >= 0.6 is 11.8 Å². The highest BCUT2D eigenvalue weighted by molar-refractivity contribution is 7.98. The van der Waals surface area contributed by atoms with Crippen molar-refractivity contribution in [3.05, 3.63) is 36.0 Å². The lowest BCUT2D eigenvalue weighted by Gasteiger charge is -2.28. The van der Waals surface area contributed by atoms with Crippen molar-refractivity contribution >= 4 is 64.1 Å². The number of thioether (sulfide) groups is 1. The van der Waals surface area contributed by atoms with E-state index < -0.39 is 90.2 Å². The third-order valence-electron chi connectivity index (χ3n) is 8.70. The van der Waals surface area contributed by atoms with E-state index in [0.717, 1.165) is 16.5 Å². The van der Waals surface area contributed by atoms with Crippen LogP contribution in [0.5, 0.6) is 0 Å². The van der Waals surface area contributed by atoms with E-state index in [0.29, 0.717) is 25.1 Å². The Hall–Kier alpha value is -4.72. The Balaban J connectivity index is 2.21. The smallest absolute Gasteiger partial charge is 0.326 e. The summed E-state index contributed by atoms with van der Waals surface area (Å²) >= 11 is 1.38. The molecule has 0 saturated carbocycles. The highest BCUT2D eigenvalue weighted by atomic mass is 32.2. The summed E-state index contributed by atoms with van der Waals surface area (Å²) in [5.41, 5.74) is 18.8. The maximum absolute atomic E-state index is 13.7. The highest BCUT2D eigenvalue weighted by Gasteiger charge is 2.35. The van der Waals surface area contributed by atoms with Gasteiger partial charge in [0.15, 0.2) is 0 Å². The van der Waals surface area contributed by atoms with Crippen LogP contribution < -0.4 is 43.8 Å². The van der Waals surface area contributed by atoms with Crippen molar-refractivity contribution < 1.29 is 43.8 Å². The number of aliphatic carboxylic acids is 1. The van der Waals surface area contributed by atoms with E-state index in [-0.39, 0.29) is 31.6 Å². The molecule has 0 aliphatic carbocycles. The zero-order valence-electron chi connectivity index (χ0n) is 31.8. The standard InChI is InChI=1S/C36H57N9O9S/c1-19(2)15-27(43-31(48)23(38)16-21-18-40-24-10-6-5-9-22(21)24)33(50)41-25(12-14-55-4)32(49)44-28(17-29(39)47)34(51)45-30(20(3)46)35(52)42-26(36(53)54)11-7-8-13-37/h5-6,9-10,18-20,23,25-28,30,40,46H,7-8,11-17,37-38H2,1-4H3,(H2,39,47)(H,41,50)(H,42,52)(H,43,48)(H,44,49)(H,45,51)(H,53,54)/t20-,23+,25+,26+,27+,28+,30+/m1/s1. The number of aromatic nitrogens is 1. The highest BCUT2D eigenvalue weighted by Crippen LogP contribution is 2.19. The zero-order valence-corrected chi connectivity index (χ0v) is 32.6. The van der Waals surface area contributed by atoms with Crippen molar-refractivity contribution in [2.45, 2.75) is 108 Å². The van der Waals surface area contributed by atoms with Gasteiger partial charge in [-0.1, -0.05) is 32.0 Å². The normalized spacial score (nSPS) is 15.1. The molecule has 7 atom stereocenters. The molecule has 0 aliphatic heterocycles. The van der Waals surface area contributed by atoms with E-state index in [4.69, 9.17) is 17.2 Å². The summed E-state index contributed by atoms with van der Waals surface area (Å²) in [6, 6.07) is -0.417. The number of benzene rings is 1. The Labute approximate surface area is 324 Å². The van der Waals surface area contributed by atoms with Crippen LogP contribution in [0.3, 0.4) is 0 Å². The van der Waals surface area contributed by atoms with Crippen LogP contribution in [0.1, 0.15) is 64.9 Å². The first kappa shape index (κ1) is 46.4. The first-order valence-corrected chi connectivity index (χ1v) is 19.6. The number of carbonyl (C=O) groups excluding carboxylic acids is 6. The number of H-pyrrole nitrogens is 1. The van der Waals surface area contributed by atoms with E-state index in [1.165, 1.54) is 18.7 Å². The molecule has 0 bridgehead atoms. The van der Waals surface area contributed by atoms with Gasteiger partial charge in [-0.15, -0.1) is 0 Å². The number of carboxylic acids is 1. The third kappa shape index (κ3) is 15.5. The van der Waals surface area contributed by atoms with Gasteiger partial charge in [-0.2, -0.15) is 11.8 Å². The maximum atomic E-state index is 13.7. The van der Waals surface area contributed by atoms with Gasteiger partial charge >= 0.3 is 5.97 Å². The molecular formula is C36H57N9O9S. The number of primary amides is 1. The van der Waals surface area contributed by atoms with Gasteiger partial charge in [-0.05, 0) is 81.5 Å². The molecule has 0 spiro atoms. The van der Waals surface area contributed by atoms with E-state index in [9.17, 15) is 43.8 Å². The fraction of sp³-hybridized carbons (Fsp3) is 0.583. The molecule has 6 amide bonds. The van der Waals surface area contributed by atoms with Crippen molar-refractivity contribution in [3.63, 3.8) is 0 Å². The molecule has 19 heteroatoms. The van der Waals surface area contributed by atoms with Crippen LogP contribution in [-0.2, 0) is 40.0 Å². The van der Waals surface area contributed by atoms with Crippen LogP contribution in [0, 0.1) is 5.92 Å². The van der Waals surface area contributed by atoms with Gasteiger partial charge in [0.2, 0.25) is 35.4 Å². The Morgan fingerprint density at radius 2 is 1.40 bits per heavy atom. The minimum Gasteiger partial charge on any atom is -0.480 e. The van der Waals surface area contributed by atoms with Crippen molar-refractivity contribution in [1.82, 2.24) is 31.6 Å². The first-order chi connectivity index (χ1) is 26.0. The summed E-state index contributed by atoms with van der Waals surface area (Å²) < 4.78 is 0. The number of rotatable bonds is 25. The lowest BCUT2D eigenvalue weighted by molar-refractivity contribution is -0.143. The molecule has 14 N–H and O–H groups in total. The second-order valence-electron chi connectivity index (χ2n) is 13.8. The number of unbranched alkanes of at least 4 members (excludes halogenated alkanes) is 1. The summed E-state index contributed by atoms with van der Waals surface area (Å²) in [7, 11) is 0. The SMILES string of the molecule is CSCC[C@H](NC(=O)[C@H](CC(C)C)NC(=O)[C@@H](N)Cc1c[nH]c2ccccc12)C(=O)N[C@@H](CC(N)=O)C(=O)N[C@H](C(=O)N[C@@H](CCCCN)C(=O)O)[C@@H](C)O. The molecule has 1 aromatic heterocycles. The topological polar surface area (TPSA) is 314 Å². The summed E-state index contributed by atoms with van der Waals surface area (Å²) in [6.45, 7) is 5.21. The molecule has 306 valence electrons. The number of amides is 6. The minimum absolute atomic E-state index is 0.0434. The molecule has 2 aromatic rings. The second-order valence-corrected chi connectivity index (χ2v) is 14.8. The number of carbonyl (C=O) groups is 7. The van der Waals surface area contributed by atoms with Gasteiger partial charge in [0.05, 0.1) is 18.6 Å². The summed E-state index contributed by atoms with van der Waals surface area (Å²) in [5, 5.41) is 33.2. The van der Waals surface area contributed by atoms with E-state index in [2.05, 4.69) is 31.6 Å².